The highest BCUT2D eigenvalue weighted by Gasteiger charge is 2.08. The second-order valence-corrected chi connectivity index (χ2v) is 5.60. The van der Waals surface area contributed by atoms with Crippen molar-refractivity contribution < 1.29 is 9.18 Å². The van der Waals surface area contributed by atoms with Gasteiger partial charge >= 0.3 is 0 Å². The lowest BCUT2D eigenvalue weighted by Gasteiger charge is -2.09. The average Bonchev–Trinajstić information content (AvgIpc) is 2.64. The summed E-state index contributed by atoms with van der Waals surface area (Å²) in [5.41, 5.74) is 3.85. The topological polar surface area (TPSA) is 54.0 Å². The largest absolute Gasteiger partial charge is 0.354 e. The first-order chi connectivity index (χ1) is 12.1. The summed E-state index contributed by atoms with van der Waals surface area (Å²) in [6.07, 6.45) is 4.13. The zero-order valence-corrected chi connectivity index (χ0v) is 13.8. The number of nitrogens with zero attached hydrogens (tertiary/aromatic N) is 1. The van der Waals surface area contributed by atoms with Crippen molar-refractivity contribution in [3.05, 3.63) is 83.9 Å². The van der Waals surface area contributed by atoms with Crippen molar-refractivity contribution in [3.8, 4) is 0 Å². The Kier molecular flexibility index (Phi) is 5.04. The quantitative estimate of drug-likeness (QED) is 0.705. The summed E-state index contributed by atoms with van der Waals surface area (Å²) in [5, 5.41) is 5.95. The van der Waals surface area contributed by atoms with Gasteiger partial charge in [-0.2, -0.15) is 0 Å². The van der Waals surface area contributed by atoms with Gasteiger partial charge in [0.2, 0.25) is 0 Å². The van der Waals surface area contributed by atoms with Gasteiger partial charge in [0, 0.05) is 17.6 Å². The Bertz CT molecular complexity index is 861. The number of nitrogens with one attached hydrogen (secondary N) is 2. The fourth-order valence-corrected chi connectivity index (χ4v) is 2.36. The van der Waals surface area contributed by atoms with Crippen molar-refractivity contribution in [2.24, 2.45) is 0 Å². The number of carbonyl (C=O) groups excluding carboxylic acids is 1. The number of hydrogen-bond acceptors (Lipinski definition) is 3. The molecule has 1 aromatic heterocycles. The predicted octanol–water partition coefficient (Wildman–Crippen LogP) is 4.78. The number of aryl methyl sites for hydroxylation is 1. The molecule has 2 N–H and O–H groups in total. The molecule has 5 heteroatoms. The maximum absolute atomic E-state index is 12.9. The fourth-order valence-electron chi connectivity index (χ4n) is 2.36. The van der Waals surface area contributed by atoms with Crippen LogP contribution in [0.4, 0.5) is 21.5 Å². The molecule has 0 aliphatic rings. The second kappa shape index (κ2) is 7.57. The van der Waals surface area contributed by atoms with E-state index in [2.05, 4.69) is 34.7 Å². The van der Waals surface area contributed by atoms with E-state index in [1.54, 1.807) is 12.3 Å². The van der Waals surface area contributed by atoms with E-state index < -0.39 is 0 Å². The van der Waals surface area contributed by atoms with Crippen molar-refractivity contribution >= 4 is 23.0 Å². The van der Waals surface area contributed by atoms with E-state index in [0.29, 0.717) is 11.3 Å². The Morgan fingerprint density at radius 2 is 1.64 bits per heavy atom. The summed E-state index contributed by atoms with van der Waals surface area (Å²) in [4.78, 5) is 16.4. The third kappa shape index (κ3) is 4.41. The van der Waals surface area contributed by atoms with Crippen LogP contribution in [0.15, 0.2) is 67.0 Å². The molecule has 0 radical (unpaired) electrons. The molecule has 4 nitrogen and oxygen atoms in total. The molecule has 25 heavy (non-hydrogen) atoms. The number of amides is 1. The molecular weight excluding hydrogens is 317 g/mol. The molecule has 0 spiro atoms. The SMILES string of the molecule is CCc1ccc(Nc2cncc(C(=O)Nc3ccc(F)cc3)c2)cc1. The number of anilines is 3. The normalized spacial score (nSPS) is 10.3. The van der Waals surface area contributed by atoms with E-state index in [9.17, 15) is 9.18 Å². The summed E-state index contributed by atoms with van der Waals surface area (Å²) >= 11 is 0. The van der Waals surface area contributed by atoms with E-state index in [1.807, 2.05) is 12.1 Å². The fraction of sp³-hybridized carbons (Fsp3) is 0.100. The first-order valence-electron chi connectivity index (χ1n) is 8.02. The second-order valence-electron chi connectivity index (χ2n) is 5.60. The van der Waals surface area contributed by atoms with Gasteiger partial charge in [-0.1, -0.05) is 19.1 Å². The highest BCUT2D eigenvalue weighted by Crippen LogP contribution is 2.18. The minimum atomic E-state index is -0.347. The Morgan fingerprint density at radius 1 is 0.960 bits per heavy atom. The van der Waals surface area contributed by atoms with Crippen LogP contribution in [0.25, 0.3) is 0 Å². The molecule has 2 aromatic carbocycles. The van der Waals surface area contributed by atoms with Gasteiger partial charge in [0.25, 0.3) is 5.91 Å². The highest BCUT2D eigenvalue weighted by molar-refractivity contribution is 6.04. The van der Waals surface area contributed by atoms with Crippen LogP contribution in [0.3, 0.4) is 0 Å². The van der Waals surface area contributed by atoms with Gasteiger partial charge in [0.05, 0.1) is 17.4 Å². The van der Waals surface area contributed by atoms with Crippen LogP contribution < -0.4 is 10.6 Å². The Labute approximate surface area is 145 Å². The third-order valence-corrected chi connectivity index (χ3v) is 3.75. The van der Waals surface area contributed by atoms with Gasteiger partial charge in [-0.05, 0) is 54.4 Å². The summed E-state index contributed by atoms with van der Waals surface area (Å²) < 4.78 is 12.9. The van der Waals surface area contributed by atoms with E-state index in [-0.39, 0.29) is 11.7 Å². The van der Waals surface area contributed by atoms with E-state index in [4.69, 9.17) is 0 Å². The molecule has 1 heterocycles. The van der Waals surface area contributed by atoms with E-state index in [1.165, 1.54) is 36.0 Å². The van der Waals surface area contributed by atoms with Crippen LogP contribution >= 0.6 is 0 Å². The number of rotatable bonds is 5. The van der Waals surface area contributed by atoms with Gasteiger partial charge in [0.15, 0.2) is 0 Å². The van der Waals surface area contributed by atoms with Gasteiger partial charge in [0.1, 0.15) is 5.82 Å². The molecule has 0 saturated carbocycles. The number of aromatic nitrogens is 1. The predicted molar refractivity (Wildman–Crippen MR) is 97.7 cm³/mol. The molecule has 0 fully saturated rings. The minimum Gasteiger partial charge on any atom is -0.354 e. The van der Waals surface area contributed by atoms with Crippen LogP contribution in [0.2, 0.25) is 0 Å². The van der Waals surface area contributed by atoms with Gasteiger partial charge in [-0.25, -0.2) is 4.39 Å². The maximum Gasteiger partial charge on any atom is 0.257 e. The van der Waals surface area contributed by atoms with Gasteiger partial charge in [-0.15, -0.1) is 0 Å². The zero-order chi connectivity index (χ0) is 17.6. The van der Waals surface area contributed by atoms with Crippen LogP contribution in [-0.4, -0.2) is 10.9 Å². The van der Waals surface area contributed by atoms with Crippen molar-refractivity contribution in [2.45, 2.75) is 13.3 Å². The monoisotopic (exact) mass is 335 g/mol. The summed E-state index contributed by atoms with van der Waals surface area (Å²) in [6, 6.07) is 15.4. The first-order valence-corrected chi connectivity index (χ1v) is 8.02. The molecule has 1 amide bonds. The van der Waals surface area contributed by atoms with E-state index >= 15 is 0 Å². The summed E-state index contributed by atoms with van der Waals surface area (Å²) in [5.74, 6) is -0.649. The highest BCUT2D eigenvalue weighted by atomic mass is 19.1. The third-order valence-electron chi connectivity index (χ3n) is 3.75. The summed E-state index contributed by atoms with van der Waals surface area (Å²) in [7, 11) is 0. The Hall–Kier alpha value is -3.21. The Balaban J connectivity index is 1.71. The molecule has 0 aliphatic heterocycles. The van der Waals surface area contributed by atoms with E-state index in [0.717, 1.165) is 17.8 Å². The molecule has 0 unspecified atom stereocenters. The number of benzene rings is 2. The zero-order valence-electron chi connectivity index (χ0n) is 13.8. The number of halogens is 1. The molecule has 0 bridgehead atoms. The number of carbonyl (C=O) groups is 1. The average molecular weight is 335 g/mol. The van der Waals surface area contributed by atoms with Crippen molar-refractivity contribution in [1.82, 2.24) is 4.98 Å². The van der Waals surface area contributed by atoms with Crippen molar-refractivity contribution in [2.75, 3.05) is 10.6 Å². The standard InChI is InChI=1S/C20H18FN3O/c1-2-14-3-7-17(8-4-14)23-19-11-15(12-22-13-19)20(25)24-18-9-5-16(21)6-10-18/h3-13,23H,2H2,1H3,(H,24,25). The molecule has 0 saturated heterocycles. The molecule has 0 aliphatic carbocycles. The van der Waals surface area contributed by atoms with Crippen molar-refractivity contribution in [1.29, 1.82) is 0 Å². The number of pyridine rings is 1. The lowest BCUT2D eigenvalue weighted by Crippen LogP contribution is -2.12. The first kappa shape index (κ1) is 16.6. The van der Waals surface area contributed by atoms with Crippen molar-refractivity contribution in [3.63, 3.8) is 0 Å². The molecule has 3 rings (SSSR count). The van der Waals surface area contributed by atoms with Crippen LogP contribution in [0.1, 0.15) is 22.8 Å². The molecule has 3 aromatic rings. The van der Waals surface area contributed by atoms with Crippen LogP contribution in [0.5, 0.6) is 0 Å². The van der Waals surface area contributed by atoms with Crippen LogP contribution in [-0.2, 0) is 6.42 Å². The minimum absolute atomic E-state index is 0.302. The summed E-state index contributed by atoms with van der Waals surface area (Å²) in [6.45, 7) is 2.11. The van der Waals surface area contributed by atoms with Gasteiger partial charge < -0.3 is 10.6 Å². The molecule has 0 atom stereocenters. The lowest BCUT2D eigenvalue weighted by molar-refractivity contribution is 0.102. The van der Waals surface area contributed by atoms with Gasteiger partial charge in [-0.3, -0.25) is 9.78 Å². The molecular formula is C20H18FN3O. The maximum atomic E-state index is 12.9. The molecule has 126 valence electrons. The smallest absolute Gasteiger partial charge is 0.257 e. The Morgan fingerprint density at radius 3 is 2.32 bits per heavy atom. The number of hydrogen-bond donors (Lipinski definition) is 2. The van der Waals surface area contributed by atoms with Crippen LogP contribution in [0, 0.1) is 5.82 Å². The lowest BCUT2D eigenvalue weighted by atomic mass is 10.1.